The standard InChI is InChI=1S/C19H22N4O5S/c1-19(6-7-29(27,28)11-19)22-16(24)10-23-17(25)15(21-18(23)26)8-12-9-20-14-5-3-2-4-13(12)14/h2-5,9,15,20H,6-8,10-11H2,1H3,(H,21,26)(H,22,24). The summed E-state index contributed by atoms with van der Waals surface area (Å²) < 4.78 is 23.4. The van der Waals surface area contributed by atoms with Crippen LogP contribution in [0.1, 0.15) is 18.9 Å². The summed E-state index contributed by atoms with van der Waals surface area (Å²) in [6.07, 6.45) is 2.42. The number of fused-ring (bicyclic) bond motifs is 1. The quantitative estimate of drug-likeness (QED) is 0.603. The number of aromatic amines is 1. The van der Waals surface area contributed by atoms with Gasteiger partial charge in [0.15, 0.2) is 9.84 Å². The molecule has 1 aromatic carbocycles. The Morgan fingerprint density at radius 1 is 1.31 bits per heavy atom. The van der Waals surface area contributed by atoms with Gasteiger partial charge in [0.1, 0.15) is 12.6 Å². The molecular weight excluding hydrogens is 396 g/mol. The summed E-state index contributed by atoms with van der Waals surface area (Å²) in [6, 6.07) is 6.28. The smallest absolute Gasteiger partial charge is 0.325 e. The number of nitrogens with zero attached hydrogens (tertiary/aromatic N) is 1. The number of benzene rings is 1. The highest BCUT2D eigenvalue weighted by Gasteiger charge is 2.42. The van der Waals surface area contributed by atoms with Crippen LogP contribution in [0.4, 0.5) is 4.79 Å². The zero-order chi connectivity index (χ0) is 20.8. The molecule has 2 aliphatic rings. The number of hydrogen-bond donors (Lipinski definition) is 3. The fourth-order valence-corrected chi connectivity index (χ4v) is 6.11. The van der Waals surface area contributed by atoms with E-state index in [2.05, 4.69) is 15.6 Å². The SMILES string of the molecule is CC1(NC(=O)CN2C(=O)NC(Cc3c[nH]c4ccccc34)C2=O)CCS(=O)(=O)C1. The molecule has 1 aromatic heterocycles. The Kier molecular flexibility index (Phi) is 4.60. The Hall–Kier alpha value is -2.88. The van der Waals surface area contributed by atoms with E-state index in [4.69, 9.17) is 0 Å². The summed E-state index contributed by atoms with van der Waals surface area (Å²) in [6.45, 7) is 1.21. The maximum Gasteiger partial charge on any atom is 0.325 e. The predicted octanol–water partition coefficient (Wildman–Crippen LogP) is 0.324. The Morgan fingerprint density at radius 2 is 2.07 bits per heavy atom. The lowest BCUT2D eigenvalue weighted by atomic mass is 10.0. The first kappa shape index (κ1) is 19.4. The number of H-pyrrole nitrogens is 1. The van der Waals surface area contributed by atoms with Crippen LogP contribution in [0.2, 0.25) is 0 Å². The number of nitrogens with one attached hydrogen (secondary N) is 3. The average Bonchev–Trinajstić information content (AvgIpc) is 3.26. The summed E-state index contributed by atoms with van der Waals surface area (Å²) in [5, 5.41) is 6.27. The molecular formula is C19H22N4O5S. The van der Waals surface area contributed by atoms with Gasteiger partial charge >= 0.3 is 6.03 Å². The van der Waals surface area contributed by atoms with Crippen molar-refractivity contribution in [3.8, 4) is 0 Å². The van der Waals surface area contributed by atoms with Crippen molar-refractivity contribution in [1.82, 2.24) is 20.5 Å². The minimum atomic E-state index is -3.18. The summed E-state index contributed by atoms with van der Waals surface area (Å²) in [7, 11) is -3.18. The number of amides is 4. The second kappa shape index (κ2) is 6.87. The second-order valence-corrected chi connectivity index (χ2v) is 10.1. The molecule has 2 fully saturated rings. The van der Waals surface area contributed by atoms with Crippen molar-refractivity contribution < 1.29 is 22.8 Å². The molecule has 4 amide bonds. The summed E-state index contributed by atoms with van der Waals surface area (Å²) in [5.41, 5.74) is 0.961. The molecule has 2 unspecified atom stereocenters. The molecule has 2 aromatic rings. The van der Waals surface area contributed by atoms with E-state index in [9.17, 15) is 22.8 Å². The van der Waals surface area contributed by atoms with Gasteiger partial charge in [0.05, 0.1) is 17.0 Å². The van der Waals surface area contributed by atoms with E-state index in [-0.39, 0.29) is 11.5 Å². The van der Waals surface area contributed by atoms with E-state index >= 15 is 0 Å². The zero-order valence-corrected chi connectivity index (χ0v) is 16.7. The van der Waals surface area contributed by atoms with Gasteiger partial charge in [0, 0.05) is 23.5 Å². The Bertz CT molecular complexity index is 1110. The van der Waals surface area contributed by atoms with Crippen LogP contribution in [0.3, 0.4) is 0 Å². The number of rotatable bonds is 5. The van der Waals surface area contributed by atoms with Crippen molar-refractivity contribution >= 4 is 38.6 Å². The van der Waals surface area contributed by atoms with Crippen LogP contribution in [0.5, 0.6) is 0 Å². The van der Waals surface area contributed by atoms with Crippen LogP contribution < -0.4 is 10.6 Å². The molecule has 3 N–H and O–H groups in total. The van der Waals surface area contributed by atoms with E-state index < -0.39 is 45.8 Å². The number of sulfone groups is 1. The highest BCUT2D eigenvalue weighted by Crippen LogP contribution is 2.23. The number of carbonyl (C=O) groups excluding carboxylic acids is 3. The number of urea groups is 1. The molecule has 2 aliphatic heterocycles. The normalized spacial score (nSPS) is 26.1. The van der Waals surface area contributed by atoms with Crippen molar-refractivity contribution in [2.75, 3.05) is 18.1 Å². The predicted molar refractivity (Wildman–Crippen MR) is 106 cm³/mol. The van der Waals surface area contributed by atoms with Crippen molar-refractivity contribution in [2.24, 2.45) is 0 Å². The molecule has 29 heavy (non-hydrogen) atoms. The van der Waals surface area contributed by atoms with Gasteiger partial charge in [-0.15, -0.1) is 0 Å². The summed E-state index contributed by atoms with van der Waals surface area (Å²) >= 11 is 0. The fourth-order valence-electron chi connectivity index (χ4n) is 4.01. The van der Waals surface area contributed by atoms with Gasteiger partial charge in [0.25, 0.3) is 5.91 Å². The third-order valence-electron chi connectivity index (χ3n) is 5.45. The molecule has 2 atom stereocenters. The van der Waals surface area contributed by atoms with E-state index in [1.807, 2.05) is 24.3 Å². The van der Waals surface area contributed by atoms with Crippen molar-refractivity contribution in [2.45, 2.75) is 31.3 Å². The van der Waals surface area contributed by atoms with E-state index in [1.54, 1.807) is 13.1 Å². The number of carbonyl (C=O) groups is 3. The first-order valence-corrected chi connectivity index (χ1v) is 11.2. The molecule has 0 spiro atoms. The minimum Gasteiger partial charge on any atom is -0.361 e. The molecule has 9 nitrogen and oxygen atoms in total. The first-order valence-electron chi connectivity index (χ1n) is 9.34. The van der Waals surface area contributed by atoms with Crippen molar-refractivity contribution in [3.05, 3.63) is 36.0 Å². The number of hydrogen-bond acceptors (Lipinski definition) is 5. The third-order valence-corrected chi connectivity index (χ3v) is 7.36. The number of aromatic nitrogens is 1. The van der Waals surface area contributed by atoms with Crippen molar-refractivity contribution in [3.63, 3.8) is 0 Å². The van der Waals surface area contributed by atoms with Gasteiger partial charge in [-0.1, -0.05) is 18.2 Å². The summed E-state index contributed by atoms with van der Waals surface area (Å²) in [5.74, 6) is -1.16. The molecule has 0 radical (unpaired) electrons. The number of imide groups is 1. The molecule has 10 heteroatoms. The van der Waals surface area contributed by atoms with Gasteiger partial charge in [-0.25, -0.2) is 13.2 Å². The maximum atomic E-state index is 12.7. The molecule has 3 heterocycles. The van der Waals surface area contributed by atoms with Crippen LogP contribution in [0, 0.1) is 0 Å². The topological polar surface area (TPSA) is 128 Å². The molecule has 0 bridgehead atoms. The van der Waals surface area contributed by atoms with E-state index in [0.717, 1.165) is 21.4 Å². The van der Waals surface area contributed by atoms with Crippen LogP contribution in [0.15, 0.2) is 30.5 Å². The van der Waals surface area contributed by atoms with Crippen LogP contribution in [-0.4, -0.2) is 65.8 Å². The van der Waals surface area contributed by atoms with Gasteiger partial charge < -0.3 is 15.6 Å². The van der Waals surface area contributed by atoms with Crippen LogP contribution in [-0.2, 0) is 25.8 Å². The van der Waals surface area contributed by atoms with Gasteiger partial charge in [-0.3, -0.25) is 14.5 Å². The lowest BCUT2D eigenvalue weighted by Gasteiger charge is -2.25. The third kappa shape index (κ3) is 3.84. The average molecular weight is 418 g/mol. The fraction of sp³-hybridized carbons (Fsp3) is 0.421. The number of para-hydroxylation sites is 1. The Morgan fingerprint density at radius 3 is 2.79 bits per heavy atom. The Labute approximate surface area is 167 Å². The van der Waals surface area contributed by atoms with Gasteiger partial charge in [-0.05, 0) is 25.0 Å². The second-order valence-electron chi connectivity index (χ2n) is 7.94. The zero-order valence-electron chi connectivity index (χ0n) is 15.9. The van der Waals surface area contributed by atoms with Gasteiger partial charge in [-0.2, -0.15) is 0 Å². The molecule has 0 saturated carbocycles. The van der Waals surface area contributed by atoms with E-state index in [0.29, 0.717) is 12.8 Å². The molecule has 0 aliphatic carbocycles. The minimum absolute atomic E-state index is 0.0135. The monoisotopic (exact) mass is 418 g/mol. The maximum absolute atomic E-state index is 12.7. The summed E-state index contributed by atoms with van der Waals surface area (Å²) in [4.78, 5) is 41.3. The molecule has 4 rings (SSSR count). The lowest BCUT2D eigenvalue weighted by molar-refractivity contribution is -0.132. The van der Waals surface area contributed by atoms with E-state index in [1.165, 1.54) is 0 Å². The van der Waals surface area contributed by atoms with Crippen LogP contribution >= 0.6 is 0 Å². The first-order chi connectivity index (χ1) is 13.7. The highest BCUT2D eigenvalue weighted by atomic mass is 32.2. The van der Waals surface area contributed by atoms with Gasteiger partial charge in [0.2, 0.25) is 5.91 Å². The highest BCUT2D eigenvalue weighted by molar-refractivity contribution is 7.91. The lowest BCUT2D eigenvalue weighted by Crippen LogP contribution is -2.51. The Balaban J connectivity index is 1.41. The van der Waals surface area contributed by atoms with Crippen molar-refractivity contribution in [1.29, 1.82) is 0 Å². The molecule has 2 saturated heterocycles. The van der Waals surface area contributed by atoms with Crippen LogP contribution in [0.25, 0.3) is 10.9 Å². The largest absolute Gasteiger partial charge is 0.361 e. The molecule has 154 valence electrons.